The van der Waals surface area contributed by atoms with Crippen molar-refractivity contribution in [3.63, 3.8) is 0 Å². The Morgan fingerprint density at radius 2 is 2.29 bits per heavy atom. The lowest BCUT2D eigenvalue weighted by Crippen LogP contribution is -1.97. The van der Waals surface area contributed by atoms with Crippen molar-refractivity contribution in [2.24, 2.45) is 5.92 Å². The van der Waals surface area contributed by atoms with Crippen molar-refractivity contribution in [2.45, 2.75) is 20.3 Å². The molecular formula is C10H14O3S. The number of carbonyl (C=O) groups excluding carboxylic acids is 1. The summed E-state index contributed by atoms with van der Waals surface area (Å²) in [6.45, 7) is 4.18. The standard InChI is InChI=1S/C10H14O3S/c1-6(2)4-7-5-8(11)9(14-7)10(12)13-3/h5-6,11H,4H2,1-3H3. The van der Waals surface area contributed by atoms with Gasteiger partial charge in [0.1, 0.15) is 5.75 Å². The predicted molar refractivity (Wildman–Crippen MR) is 55.9 cm³/mol. The highest BCUT2D eigenvalue weighted by molar-refractivity contribution is 7.14. The Balaban J connectivity index is 2.87. The summed E-state index contributed by atoms with van der Waals surface area (Å²) < 4.78 is 4.55. The molecule has 1 heterocycles. The van der Waals surface area contributed by atoms with Gasteiger partial charge in [-0.1, -0.05) is 13.8 Å². The van der Waals surface area contributed by atoms with Gasteiger partial charge in [0.15, 0.2) is 4.88 Å². The first-order valence-corrected chi connectivity index (χ1v) is 5.26. The number of methoxy groups -OCH3 is 1. The first-order valence-electron chi connectivity index (χ1n) is 4.44. The molecule has 0 aromatic carbocycles. The minimum atomic E-state index is -0.470. The second kappa shape index (κ2) is 4.46. The molecule has 14 heavy (non-hydrogen) atoms. The van der Waals surface area contributed by atoms with E-state index in [9.17, 15) is 9.90 Å². The molecule has 0 bridgehead atoms. The Bertz CT molecular complexity index is 328. The van der Waals surface area contributed by atoms with Crippen LogP contribution in [-0.4, -0.2) is 18.2 Å². The van der Waals surface area contributed by atoms with E-state index in [1.54, 1.807) is 6.07 Å². The van der Waals surface area contributed by atoms with Crippen LogP contribution in [0.15, 0.2) is 6.07 Å². The van der Waals surface area contributed by atoms with E-state index >= 15 is 0 Å². The van der Waals surface area contributed by atoms with Crippen molar-refractivity contribution in [1.29, 1.82) is 0 Å². The van der Waals surface area contributed by atoms with Gasteiger partial charge in [0, 0.05) is 4.88 Å². The summed E-state index contributed by atoms with van der Waals surface area (Å²) in [7, 11) is 1.31. The number of ether oxygens (including phenoxy) is 1. The number of carbonyl (C=O) groups is 1. The van der Waals surface area contributed by atoms with E-state index in [0.717, 1.165) is 11.3 Å². The fraction of sp³-hybridized carbons (Fsp3) is 0.500. The molecule has 0 amide bonds. The van der Waals surface area contributed by atoms with Crippen LogP contribution >= 0.6 is 11.3 Å². The second-order valence-electron chi connectivity index (χ2n) is 3.52. The molecule has 78 valence electrons. The maximum absolute atomic E-state index is 11.2. The highest BCUT2D eigenvalue weighted by atomic mass is 32.1. The van der Waals surface area contributed by atoms with Gasteiger partial charge in [-0.25, -0.2) is 4.79 Å². The largest absolute Gasteiger partial charge is 0.506 e. The van der Waals surface area contributed by atoms with Crippen molar-refractivity contribution in [3.8, 4) is 5.75 Å². The van der Waals surface area contributed by atoms with Crippen LogP contribution in [0.5, 0.6) is 5.75 Å². The topological polar surface area (TPSA) is 46.5 Å². The predicted octanol–water partition coefficient (Wildman–Crippen LogP) is 2.44. The van der Waals surface area contributed by atoms with Crippen LogP contribution in [0.1, 0.15) is 28.4 Å². The number of thiophene rings is 1. The Morgan fingerprint density at radius 1 is 1.64 bits per heavy atom. The van der Waals surface area contributed by atoms with Gasteiger partial charge in [-0.15, -0.1) is 11.3 Å². The number of hydrogen-bond donors (Lipinski definition) is 1. The summed E-state index contributed by atoms with van der Waals surface area (Å²) in [6, 6.07) is 1.64. The quantitative estimate of drug-likeness (QED) is 0.786. The normalized spacial score (nSPS) is 10.6. The molecule has 0 fully saturated rings. The molecule has 4 heteroatoms. The van der Waals surface area contributed by atoms with Crippen molar-refractivity contribution < 1.29 is 14.6 Å². The number of hydrogen-bond acceptors (Lipinski definition) is 4. The lowest BCUT2D eigenvalue weighted by Gasteiger charge is -1.99. The van der Waals surface area contributed by atoms with Gasteiger partial charge in [-0.2, -0.15) is 0 Å². The molecule has 0 spiro atoms. The SMILES string of the molecule is COC(=O)c1sc(CC(C)C)cc1O. The van der Waals surface area contributed by atoms with E-state index in [-0.39, 0.29) is 5.75 Å². The Labute approximate surface area is 87.3 Å². The molecule has 1 rings (SSSR count). The third-order valence-corrected chi connectivity index (χ3v) is 2.87. The molecule has 0 radical (unpaired) electrons. The van der Waals surface area contributed by atoms with E-state index in [0.29, 0.717) is 10.8 Å². The van der Waals surface area contributed by atoms with Gasteiger partial charge < -0.3 is 9.84 Å². The monoisotopic (exact) mass is 214 g/mol. The maximum Gasteiger partial charge on any atom is 0.351 e. The Kier molecular flexibility index (Phi) is 3.52. The first kappa shape index (κ1) is 11.0. The van der Waals surface area contributed by atoms with Crippen LogP contribution in [0.2, 0.25) is 0 Å². The average molecular weight is 214 g/mol. The van der Waals surface area contributed by atoms with Crippen LogP contribution in [0.3, 0.4) is 0 Å². The summed E-state index contributed by atoms with van der Waals surface area (Å²) in [5.41, 5.74) is 0. The van der Waals surface area contributed by atoms with Crippen molar-refractivity contribution in [1.82, 2.24) is 0 Å². The summed E-state index contributed by atoms with van der Waals surface area (Å²) in [5, 5.41) is 9.46. The molecule has 0 unspecified atom stereocenters. The number of rotatable bonds is 3. The number of esters is 1. The van der Waals surface area contributed by atoms with Crippen LogP contribution in [0, 0.1) is 5.92 Å². The van der Waals surface area contributed by atoms with Crippen molar-refractivity contribution in [3.05, 3.63) is 15.8 Å². The zero-order valence-corrected chi connectivity index (χ0v) is 9.35. The molecule has 1 N–H and O–H groups in total. The van der Waals surface area contributed by atoms with Gasteiger partial charge in [0.25, 0.3) is 0 Å². The van der Waals surface area contributed by atoms with Crippen LogP contribution in [0.25, 0.3) is 0 Å². The maximum atomic E-state index is 11.2. The Hall–Kier alpha value is -1.03. The molecule has 0 aliphatic rings. The number of aromatic hydroxyl groups is 1. The second-order valence-corrected chi connectivity index (χ2v) is 4.65. The highest BCUT2D eigenvalue weighted by Crippen LogP contribution is 2.30. The van der Waals surface area contributed by atoms with E-state index in [1.165, 1.54) is 18.4 Å². The lowest BCUT2D eigenvalue weighted by atomic mass is 10.1. The van der Waals surface area contributed by atoms with Crippen LogP contribution in [-0.2, 0) is 11.2 Å². The molecule has 1 aromatic rings. The minimum Gasteiger partial charge on any atom is -0.506 e. The molecule has 1 aromatic heterocycles. The molecule has 0 aliphatic heterocycles. The van der Waals surface area contributed by atoms with Crippen LogP contribution < -0.4 is 0 Å². The summed E-state index contributed by atoms with van der Waals surface area (Å²) in [5.74, 6) is 0.0681. The summed E-state index contributed by atoms with van der Waals surface area (Å²) in [4.78, 5) is 12.5. The first-order chi connectivity index (χ1) is 6.54. The fourth-order valence-electron chi connectivity index (χ4n) is 1.17. The van der Waals surface area contributed by atoms with Gasteiger partial charge in [0.05, 0.1) is 7.11 Å². The minimum absolute atomic E-state index is 0.0255. The van der Waals surface area contributed by atoms with Gasteiger partial charge >= 0.3 is 5.97 Å². The average Bonchev–Trinajstić information content (AvgIpc) is 2.44. The molecule has 0 saturated carbocycles. The van der Waals surface area contributed by atoms with Crippen molar-refractivity contribution >= 4 is 17.3 Å². The zero-order chi connectivity index (χ0) is 10.7. The third-order valence-electron chi connectivity index (χ3n) is 1.74. The van der Waals surface area contributed by atoms with Gasteiger partial charge in [-0.3, -0.25) is 0 Å². The zero-order valence-electron chi connectivity index (χ0n) is 8.53. The van der Waals surface area contributed by atoms with Gasteiger partial charge in [0.2, 0.25) is 0 Å². The van der Waals surface area contributed by atoms with Crippen molar-refractivity contribution in [2.75, 3.05) is 7.11 Å². The molecular weight excluding hydrogens is 200 g/mol. The highest BCUT2D eigenvalue weighted by Gasteiger charge is 2.16. The smallest absolute Gasteiger partial charge is 0.351 e. The summed E-state index contributed by atoms with van der Waals surface area (Å²) >= 11 is 1.30. The molecule has 0 saturated heterocycles. The van der Waals surface area contributed by atoms with Crippen LogP contribution in [0.4, 0.5) is 0 Å². The molecule has 0 atom stereocenters. The van der Waals surface area contributed by atoms with E-state index < -0.39 is 5.97 Å². The third kappa shape index (κ3) is 2.48. The fourth-order valence-corrected chi connectivity index (χ4v) is 2.35. The van der Waals surface area contributed by atoms with E-state index in [2.05, 4.69) is 18.6 Å². The molecule has 0 aliphatic carbocycles. The lowest BCUT2D eigenvalue weighted by molar-refractivity contribution is 0.0603. The van der Waals surface area contributed by atoms with E-state index in [4.69, 9.17) is 0 Å². The van der Waals surface area contributed by atoms with E-state index in [1.807, 2.05) is 0 Å². The van der Waals surface area contributed by atoms with Gasteiger partial charge in [-0.05, 0) is 18.4 Å². The molecule has 3 nitrogen and oxygen atoms in total. The summed E-state index contributed by atoms with van der Waals surface area (Å²) in [6.07, 6.45) is 0.870. The Morgan fingerprint density at radius 3 is 2.79 bits per heavy atom.